The van der Waals surface area contributed by atoms with Crippen LogP contribution >= 0.6 is 11.6 Å². The Morgan fingerprint density at radius 1 is 1.09 bits per heavy atom. The number of nitrogens with one attached hydrogen (secondary N) is 1. The van der Waals surface area contributed by atoms with E-state index in [1.807, 2.05) is 0 Å². The topological polar surface area (TPSA) is 120 Å². The first-order valence-corrected chi connectivity index (χ1v) is 12.8. The minimum absolute atomic E-state index is 0.0207. The van der Waals surface area contributed by atoms with Gasteiger partial charge in [-0.05, 0) is 36.4 Å². The van der Waals surface area contributed by atoms with Gasteiger partial charge in [0.2, 0.25) is 0 Å². The Balaban J connectivity index is 1.52. The maximum atomic E-state index is 13.9. The minimum Gasteiger partial charge on any atom is -0.382 e. The normalized spacial score (nSPS) is 17.6. The van der Waals surface area contributed by atoms with Crippen LogP contribution in [0.5, 0.6) is 0 Å². The number of alkyl halides is 7. The molecule has 228 valence electrons. The van der Waals surface area contributed by atoms with Crippen molar-refractivity contribution >= 4 is 17.5 Å². The number of hydrogen-bond donors (Lipinski definition) is 2. The Morgan fingerprint density at radius 3 is 2.37 bits per heavy atom. The number of aromatic nitrogens is 6. The van der Waals surface area contributed by atoms with Crippen molar-refractivity contribution in [3.8, 4) is 17.1 Å². The zero-order valence-electron chi connectivity index (χ0n) is 21.4. The van der Waals surface area contributed by atoms with Gasteiger partial charge in [0.1, 0.15) is 19.0 Å². The maximum absolute atomic E-state index is 13.9. The van der Waals surface area contributed by atoms with Crippen molar-refractivity contribution in [2.24, 2.45) is 0 Å². The van der Waals surface area contributed by atoms with Gasteiger partial charge in [-0.15, -0.1) is 10.2 Å². The largest absolute Gasteiger partial charge is 0.418 e. The smallest absolute Gasteiger partial charge is 0.382 e. The van der Waals surface area contributed by atoms with Crippen LogP contribution in [0.3, 0.4) is 0 Å². The fraction of sp³-hybridized carbons (Fsp3) is 0.320. The van der Waals surface area contributed by atoms with E-state index in [-0.39, 0.29) is 28.7 Å². The van der Waals surface area contributed by atoms with E-state index in [0.29, 0.717) is 20.0 Å². The lowest BCUT2D eigenvalue weighted by atomic mass is 10.1. The fourth-order valence-electron chi connectivity index (χ4n) is 4.17. The average molecular weight is 634 g/mol. The van der Waals surface area contributed by atoms with Crippen molar-refractivity contribution in [2.45, 2.75) is 50.2 Å². The van der Waals surface area contributed by atoms with Gasteiger partial charge in [0.05, 0.1) is 29.4 Å². The number of halogens is 8. The second-order valence-electron chi connectivity index (χ2n) is 9.58. The number of para-hydroxylation sites is 1. The first kappa shape index (κ1) is 30.2. The summed E-state index contributed by atoms with van der Waals surface area (Å²) >= 11 is 5.87. The van der Waals surface area contributed by atoms with E-state index in [0.717, 1.165) is 18.5 Å². The molecule has 43 heavy (non-hydrogen) atoms. The van der Waals surface area contributed by atoms with Crippen LogP contribution in [0.1, 0.15) is 28.2 Å². The number of nitrogens with zero attached hydrogens (tertiary/aromatic N) is 6. The summed E-state index contributed by atoms with van der Waals surface area (Å²) in [6.07, 6.45) is -13.4. The molecule has 0 saturated heterocycles. The van der Waals surface area contributed by atoms with Gasteiger partial charge in [-0.2, -0.15) is 26.3 Å². The summed E-state index contributed by atoms with van der Waals surface area (Å²) in [4.78, 5) is 29.7. The molecule has 1 amide bonds. The number of aliphatic hydroxyl groups excluding tert-OH is 1. The first-order valence-electron chi connectivity index (χ1n) is 12.4. The summed E-state index contributed by atoms with van der Waals surface area (Å²) in [5.41, 5.74) is -3.37. The molecule has 10 nitrogen and oxygen atoms in total. The van der Waals surface area contributed by atoms with Gasteiger partial charge in [0.15, 0.2) is 17.8 Å². The number of hydrogen-bond acceptors (Lipinski definition) is 6. The Kier molecular flexibility index (Phi) is 7.81. The van der Waals surface area contributed by atoms with Crippen LogP contribution in [0.4, 0.5) is 30.7 Å². The highest BCUT2D eigenvalue weighted by Crippen LogP contribution is 2.36. The van der Waals surface area contributed by atoms with E-state index in [9.17, 15) is 45.4 Å². The molecule has 5 rings (SSSR count). The highest BCUT2D eigenvalue weighted by atomic mass is 35.5. The van der Waals surface area contributed by atoms with Gasteiger partial charge in [-0.25, -0.2) is 23.5 Å². The molecule has 0 aliphatic heterocycles. The maximum Gasteiger partial charge on any atom is 0.418 e. The molecule has 0 spiro atoms. The van der Waals surface area contributed by atoms with Crippen LogP contribution in [0.2, 0.25) is 5.02 Å². The Hall–Kier alpha value is -4.25. The number of amides is 1. The van der Waals surface area contributed by atoms with E-state index < -0.39 is 72.2 Å². The van der Waals surface area contributed by atoms with E-state index in [2.05, 4.69) is 20.5 Å². The monoisotopic (exact) mass is 633 g/mol. The summed E-state index contributed by atoms with van der Waals surface area (Å²) in [5, 5.41) is 20.2. The molecule has 3 atom stereocenters. The Bertz CT molecular complexity index is 1710. The van der Waals surface area contributed by atoms with Crippen LogP contribution in [0.25, 0.3) is 17.1 Å². The lowest BCUT2D eigenvalue weighted by molar-refractivity contribution is -0.207. The first-order chi connectivity index (χ1) is 20.1. The van der Waals surface area contributed by atoms with Crippen molar-refractivity contribution in [1.29, 1.82) is 0 Å². The average Bonchev–Trinajstić information content (AvgIpc) is 3.29. The second kappa shape index (κ2) is 11.1. The third-order valence-electron chi connectivity index (χ3n) is 6.43. The zero-order valence-corrected chi connectivity index (χ0v) is 22.2. The molecular formula is C25H19ClF7N7O3. The predicted molar refractivity (Wildman–Crippen MR) is 135 cm³/mol. The molecule has 1 aliphatic rings. The molecular weight excluding hydrogens is 615 g/mol. The number of carbonyl (C=O) groups excluding carboxylic acids is 1. The van der Waals surface area contributed by atoms with Crippen LogP contribution in [-0.2, 0) is 19.3 Å². The van der Waals surface area contributed by atoms with Gasteiger partial charge in [-0.3, -0.25) is 9.36 Å². The SMILES string of the molecule is O=C(N[C@H]1C[C@@H]1F)c1cccc(C(F)(F)F)c1-n1cnc(Cn2nc(-c3ccc(Cl)cc3)n(C[C@H](O)C(F)(F)F)c2=O)n1. The molecule has 1 fully saturated rings. The molecule has 2 N–H and O–H groups in total. The molecule has 18 heteroatoms. The molecule has 1 aliphatic carbocycles. The molecule has 0 unspecified atom stereocenters. The summed E-state index contributed by atoms with van der Waals surface area (Å²) in [5.74, 6) is -1.54. The number of aliphatic hydroxyl groups is 1. The van der Waals surface area contributed by atoms with Crippen molar-refractivity contribution in [1.82, 2.24) is 34.4 Å². The Labute approximate surface area is 241 Å². The van der Waals surface area contributed by atoms with Gasteiger partial charge < -0.3 is 10.4 Å². The minimum atomic E-state index is -5.06. The molecule has 2 heterocycles. The standard InChI is InChI=1S/C25H19ClF7N7O3/c26-13-6-4-12(5-7-13)21-37-39(23(43)38(21)9-18(41)25(31,32)33)10-19-34-11-40(36-19)20-14(22(42)35-17-8-16(17)27)2-1-3-15(20)24(28,29)30/h1-7,11,16-18,41H,8-10H2,(H,35,42)/t16-,17-,18-/m0/s1. The highest BCUT2D eigenvalue weighted by molar-refractivity contribution is 6.30. The summed E-state index contributed by atoms with van der Waals surface area (Å²) < 4.78 is 96.3. The summed E-state index contributed by atoms with van der Waals surface area (Å²) in [7, 11) is 0. The third-order valence-corrected chi connectivity index (χ3v) is 6.69. The highest BCUT2D eigenvalue weighted by Gasteiger charge is 2.41. The summed E-state index contributed by atoms with van der Waals surface area (Å²) in [6.45, 7) is -1.82. The van der Waals surface area contributed by atoms with Crippen LogP contribution in [0, 0.1) is 0 Å². The predicted octanol–water partition coefficient (Wildman–Crippen LogP) is 3.78. The van der Waals surface area contributed by atoms with Gasteiger partial charge in [-0.1, -0.05) is 17.7 Å². The van der Waals surface area contributed by atoms with E-state index in [1.54, 1.807) is 0 Å². The molecule has 0 radical (unpaired) electrons. The molecule has 1 saturated carbocycles. The van der Waals surface area contributed by atoms with Crippen LogP contribution < -0.4 is 11.0 Å². The van der Waals surface area contributed by atoms with E-state index >= 15 is 0 Å². The summed E-state index contributed by atoms with van der Waals surface area (Å²) in [6, 6.07) is 7.52. The zero-order chi connectivity index (χ0) is 31.3. The van der Waals surface area contributed by atoms with Gasteiger partial charge >= 0.3 is 18.0 Å². The lowest BCUT2D eigenvalue weighted by Gasteiger charge is -2.16. The van der Waals surface area contributed by atoms with Crippen molar-refractivity contribution in [3.05, 3.63) is 81.3 Å². The number of carbonyl (C=O) groups is 1. The van der Waals surface area contributed by atoms with E-state index in [1.165, 1.54) is 24.3 Å². The third kappa shape index (κ3) is 6.41. The van der Waals surface area contributed by atoms with Crippen molar-refractivity contribution < 1.29 is 40.6 Å². The lowest BCUT2D eigenvalue weighted by Crippen LogP contribution is -2.37. The molecule has 2 aromatic heterocycles. The Morgan fingerprint density at radius 2 is 1.77 bits per heavy atom. The van der Waals surface area contributed by atoms with Crippen molar-refractivity contribution in [2.75, 3.05) is 0 Å². The number of benzene rings is 2. The van der Waals surface area contributed by atoms with Gasteiger partial charge in [0, 0.05) is 17.0 Å². The second-order valence-corrected chi connectivity index (χ2v) is 10.0. The fourth-order valence-corrected chi connectivity index (χ4v) is 4.30. The van der Waals surface area contributed by atoms with Crippen LogP contribution in [0.15, 0.2) is 53.6 Å². The molecule has 2 aromatic carbocycles. The van der Waals surface area contributed by atoms with E-state index in [4.69, 9.17) is 11.6 Å². The molecule has 0 bridgehead atoms. The van der Waals surface area contributed by atoms with Gasteiger partial charge in [0.25, 0.3) is 5.91 Å². The van der Waals surface area contributed by atoms with Crippen LogP contribution in [-0.4, -0.2) is 64.6 Å². The van der Waals surface area contributed by atoms with Crippen molar-refractivity contribution in [3.63, 3.8) is 0 Å². The molecule has 4 aromatic rings. The number of rotatable bonds is 8. The quantitative estimate of drug-likeness (QED) is 0.285.